The molecule has 54 heavy (non-hydrogen) atoms. The second-order valence-corrected chi connectivity index (χ2v) is 17.1. The molecule has 0 radical (unpaired) electrons. The van der Waals surface area contributed by atoms with Crippen molar-refractivity contribution in [1.29, 1.82) is 0 Å². The first kappa shape index (κ1) is 52.8. The Morgan fingerprint density at radius 1 is 0.500 bits per heavy atom. The minimum atomic E-state index is -4.75. The highest BCUT2D eigenvalue weighted by Crippen LogP contribution is 2.36. The van der Waals surface area contributed by atoms with Crippen LogP contribution in [0.15, 0.2) is 12.7 Å². The summed E-state index contributed by atoms with van der Waals surface area (Å²) in [6.45, 7) is 5.24. The van der Waals surface area contributed by atoms with Crippen molar-refractivity contribution < 1.29 is 37.9 Å². The number of unbranched alkanes of at least 4 members (excludes halogenated alkanes) is 33. The summed E-state index contributed by atoms with van der Waals surface area (Å²) in [5.41, 5.74) is 0. The molecule has 2 N–H and O–H groups in total. The highest BCUT2D eigenvalue weighted by molar-refractivity contribution is 7.46. The van der Waals surface area contributed by atoms with Crippen molar-refractivity contribution in [2.24, 2.45) is 0 Å². The number of esters is 2. The number of phosphoric ester groups is 1. The fourth-order valence-electron chi connectivity index (χ4n) is 7.00. The van der Waals surface area contributed by atoms with Gasteiger partial charge in [-0.3, -0.25) is 14.1 Å². The number of allylic oxidation sites excluding steroid dienone is 1. The summed E-state index contributed by atoms with van der Waals surface area (Å²) in [5.74, 6) is -0.872. The Hall–Kier alpha value is -1.21. The molecule has 0 aromatic rings. The lowest BCUT2D eigenvalue weighted by molar-refractivity contribution is -0.161. The van der Waals surface area contributed by atoms with Gasteiger partial charge >= 0.3 is 19.8 Å². The lowest BCUT2D eigenvalue weighted by atomic mass is 10.0. The maximum Gasteiger partial charge on any atom is 0.469 e. The van der Waals surface area contributed by atoms with Gasteiger partial charge in [0, 0.05) is 12.8 Å². The SMILES string of the molecule is C=CCCCCCCCCCCCCCCCC(=O)OC[C@H](COP(=O)(O)O)OC(=O)CCCCCCCCCCCCCCCCCCCCCCC. The van der Waals surface area contributed by atoms with Crippen LogP contribution in [-0.2, 0) is 28.2 Å². The second-order valence-electron chi connectivity index (χ2n) is 15.8. The van der Waals surface area contributed by atoms with Gasteiger partial charge in [0.2, 0.25) is 0 Å². The van der Waals surface area contributed by atoms with Gasteiger partial charge in [-0.2, -0.15) is 0 Å². The van der Waals surface area contributed by atoms with Gasteiger partial charge in [0.15, 0.2) is 6.10 Å². The van der Waals surface area contributed by atoms with Gasteiger partial charge in [0.05, 0.1) is 6.61 Å². The highest BCUT2D eigenvalue weighted by atomic mass is 31.2. The van der Waals surface area contributed by atoms with Crippen molar-refractivity contribution in [3.05, 3.63) is 12.7 Å². The van der Waals surface area contributed by atoms with E-state index in [1.54, 1.807) is 0 Å². The molecule has 0 aliphatic carbocycles. The molecule has 0 bridgehead atoms. The van der Waals surface area contributed by atoms with Crippen LogP contribution in [-0.4, -0.2) is 41.0 Å². The van der Waals surface area contributed by atoms with E-state index >= 15 is 0 Å². The Morgan fingerprint density at radius 3 is 1.15 bits per heavy atom. The monoisotopic (exact) mass is 787 g/mol. The average Bonchev–Trinajstić information content (AvgIpc) is 3.14. The number of carbonyl (C=O) groups excluding carboxylic acids is 2. The van der Waals surface area contributed by atoms with Crippen molar-refractivity contribution >= 4 is 19.8 Å². The summed E-state index contributed by atoms with van der Waals surface area (Å²) in [6, 6.07) is 0. The molecule has 0 rings (SSSR count). The lowest BCUT2D eigenvalue weighted by Gasteiger charge is -2.18. The minimum absolute atomic E-state index is 0.218. The largest absolute Gasteiger partial charge is 0.469 e. The zero-order chi connectivity index (χ0) is 39.6. The van der Waals surface area contributed by atoms with Gasteiger partial charge < -0.3 is 19.3 Å². The predicted octanol–water partition coefficient (Wildman–Crippen LogP) is 14.2. The van der Waals surface area contributed by atoms with E-state index < -0.39 is 32.5 Å². The van der Waals surface area contributed by atoms with Gasteiger partial charge in [-0.1, -0.05) is 212 Å². The van der Waals surface area contributed by atoms with Crippen LogP contribution in [0.3, 0.4) is 0 Å². The smallest absolute Gasteiger partial charge is 0.462 e. The zero-order valence-corrected chi connectivity index (χ0v) is 36.1. The van der Waals surface area contributed by atoms with E-state index in [9.17, 15) is 14.2 Å². The summed E-state index contributed by atoms with van der Waals surface area (Å²) in [4.78, 5) is 42.9. The van der Waals surface area contributed by atoms with E-state index in [4.69, 9.17) is 19.3 Å². The van der Waals surface area contributed by atoms with Crippen LogP contribution < -0.4 is 0 Å². The molecule has 0 aliphatic rings. The van der Waals surface area contributed by atoms with Crippen molar-refractivity contribution in [2.75, 3.05) is 13.2 Å². The Labute approximate surface area is 333 Å². The number of rotatable bonds is 44. The summed E-state index contributed by atoms with van der Waals surface area (Å²) >= 11 is 0. The van der Waals surface area contributed by atoms with Crippen LogP contribution in [0.5, 0.6) is 0 Å². The predicted molar refractivity (Wildman–Crippen MR) is 226 cm³/mol. The molecule has 0 aliphatic heterocycles. The van der Waals surface area contributed by atoms with Crippen molar-refractivity contribution in [3.63, 3.8) is 0 Å². The van der Waals surface area contributed by atoms with Gasteiger partial charge in [0.1, 0.15) is 6.61 Å². The number of phosphoric acid groups is 1. The Bertz CT molecular complexity index is 876. The van der Waals surface area contributed by atoms with E-state index in [2.05, 4.69) is 18.0 Å². The molecule has 1 atom stereocenters. The standard InChI is InChI=1S/C45H87O8P/c1-3-5-7-9-11-13-15-17-19-20-21-22-23-24-26-28-30-32-34-36-38-40-45(47)53-43(42-52-54(48,49)50)41-51-44(46)39-37-35-33-31-29-27-25-18-16-14-12-10-8-6-4-2/h4,43H,2-3,5-42H2,1H3,(H2,48,49,50)/t43-/m1/s1. The fourth-order valence-corrected chi connectivity index (χ4v) is 7.36. The minimum Gasteiger partial charge on any atom is -0.462 e. The first-order valence-corrected chi connectivity index (χ1v) is 24.5. The molecule has 8 nitrogen and oxygen atoms in total. The van der Waals surface area contributed by atoms with E-state index in [0.717, 1.165) is 38.5 Å². The van der Waals surface area contributed by atoms with Crippen LogP contribution in [0.1, 0.15) is 244 Å². The third-order valence-corrected chi connectivity index (χ3v) is 10.9. The summed E-state index contributed by atoms with van der Waals surface area (Å²) in [5, 5.41) is 0. The molecule has 320 valence electrons. The van der Waals surface area contributed by atoms with Crippen LogP contribution in [0, 0.1) is 0 Å². The Kier molecular flexibility index (Phi) is 40.5. The summed E-state index contributed by atoms with van der Waals surface area (Å²) < 4.78 is 26.5. The van der Waals surface area contributed by atoms with Crippen LogP contribution >= 0.6 is 7.82 Å². The third kappa shape index (κ3) is 43.5. The normalized spacial score (nSPS) is 12.2. The van der Waals surface area contributed by atoms with E-state index in [-0.39, 0.29) is 19.4 Å². The maximum absolute atomic E-state index is 12.4. The number of carbonyl (C=O) groups is 2. The fraction of sp³-hybridized carbons (Fsp3) is 0.911. The van der Waals surface area contributed by atoms with E-state index in [1.807, 2.05) is 6.08 Å². The van der Waals surface area contributed by atoms with Crippen LogP contribution in [0.2, 0.25) is 0 Å². The van der Waals surface area contributed by atoms with Crippen molar-refractivity contribution in [1.82, 2.24) is 0 Å². The molecule has 9 heteroatoms. The average molecular weight is 787 g/mol. The molecule has 0 unspecified atom stereocenters. The number of hydrogen-bond acceptors (Lipinski definition) is 6. The summed E-state index contributed by atoms with van der Waals surface area (Å²) in [6.07, 6.45) is 45.5. The molecule has 0 saturated carbocycles. The molecule has 0 spiro atoms. The second kappa shape index (κ2) is 41.4. The van der Waals surface area contributed by atoms with Crippen molar-refractivity contribution in [3.8, 4) is 0 Å². The van der Waals surface area contributed by atoms with Gasteiger partial charge in [0.25, 0.3) is 0 Å². The highest BCUT2D eigenvalue weighted by Gasteiger charge is 2.23. The van der Waals surface area contributed by atoms with E-state index in [0.29, 0.717) is 6.42 Å². The topological polar surface area (TPSA) is 119 Å². The van der Waals surface area contributed by atoms with Crippen LogP contribution in [0.25, 0.3) is 0 Å². The number of hydrogen-bond donors (Lipinski definition) is 2. The molecule has 0 amide bonds. The Morgan fingerprint density at radius 2 is 0.815 bits per heavy atom. The Balaban J connectivity index is 3.79. The first-order valence-electron chi connectivity index (χ1n) is 22.9. The molecule has 0 heterocycles. The van der Waals surface area contributed by atoms with Crippen LogP contribution in [0.4, 0.5) is 0 Å². The van der Waals surface area contributed by atoms with Gasteiger partial charge in [-0.15, -0.1) is 6.58 Å². The van der Waals surface area contributed by atoms with E-state index in [1.165, 1.54) is 180 Å². The zero-order valence-electron chi connectivity index (χ0n) is 35.2. The van der Waals surface area contributed by atoms with Gasteiger partial charge in [-0.05, 0) is 25.7 Å². The molecular formula is C45H87O8P. The number of ether oxygens (including phenoxy) is 2. The third-order valence-electron chi connectivity index (χ3n) is 10.4. The lowest BCUT2D eigenvalue weighted by Crippen LogP contribution is -2.29. The molecular weight excluding hydrogens is 699 g/mol. The summed E-state index contributed by atoms with van der Waals surface area (Å²) in [7, 11) is -4.75. The quantitative estimate of drug-likeness (QED) is 0.0271. The molecule has 0 aromatic carbocycles. The molecule has 0 aromatic heterocycles. The first-order chi connectivity index (χ1) is 26.3. The van der Waals surface area contributed by atoms with Gasteiger partial charge in [-0.25, -0.2) is 4.57 Å². The molecule has 0 fully saturated rings. The molecule has 0 saturated heterocycles. The maximum atomic E-state index is 12.4. The van der Waals surface area contributed by atoms with Crippen molar-refractivity contribution in [2.45, 2.75) is 251 Å².